The maximum absolute atomic E-state index is 11.3. The van der Waals surface area contributed by atoms with Crippen LogP contribution in [0, 0.1) is 27.7 Å². The standard InChI is InChI=1S/C20H27N3O2.C18H24N4O2.C11H11N3.C6H6BrN.I3.I2.HI/c1-3-25-20(24)10-6-4-5-7-14-23(18-9-8-13-21-16-18)19-12-11-17(2)15-22-19;1-15-9-10-17(20-13-15)22(16-7-6-11-19-14-16)12-5-3-2-4-8-18(23)21-24;1-9-5-6-11(13-8-9)14-10-4-2-3-7-12-10;1-5-2-3-6(7)8-4-5;1-3-2;1-2;/h8-9,11-13,15-16H,3-7,10,14H2,1-2H3;6-7,9-11,13-14,24H,2-5,8,12H2,1H3,(H,21,23);2-8H,1H3,(H,12,13,14);2-4H,1H3;;;1H/q;;;;-1;;. The van der Waals surface area contributed by atoms with Crippen molar-refractivity contribution in [3.63, 3.8) is 0 Å². The monoisotopic (exact) mass is 1790 g/mol. The molecular formula is C55H69BrI6N11O4-. The van der Waals surface area contributed by atoms with Crippen molar-refractivity contribution in [1.29, 1.82) is 0 Å². The molecule has 0 spiro atoms. The summed E-state index contributed by atoms with van der Waals surface area (Å²) in [4.78, 5) is 56.5. The summed E-state index contributed by atoms with van der Waals surface area (Å²) in [6.07, 6.45) is 25.0. The van der Waals surface area contributed by atoms with E-state index in [0.29, 0.717) is 32.7 Å². The summed E-state index contributed by atoms with van der Waals surface area (Å²) in [7, 11) is 0. The number of rotatable bonds is 21. The Hall–Kier alpha value is -2.79. The minimum absolute atomic E-state index is 0. The number of hydroxylamine groups is 1. The zero-order valence-corrected chi connectivity index (χ0v) is 58.6. The van der Waals surface area contributed by atoms with Crippen molar-refractivity contribution < 1.29 is 32.8 Å². The number of halogens is 7. The Balaban J connectivity index is 0.000000526. The molecule has 0 aromatic carbocycles. The molecule has 7 rings (SSSR count). The van der Waals surface area contributed by atoms with Crippen molar-refractivity contribution in [2.24, 2.45) is 0 Å². The molecular weight excluding hydrogens is 1720 g/mol. The molecule has 0 unspecified atom stereocenters. The first-order valence-electron chi connectivity index (χ1n) is 24.4. The summed E-state index contributed by atoms with van der Waals surface area (Å²) in [5, 5.41) is 11.6. The number of anilines is 6. The number of aromatic nitrogens is 7. The first-order valence-corrected chi connectivity index (χ1v) is 44.1. The third kappa shape index (κ3) is 34.2. The molecule has 15 nitrogen and oxygen atoms in total. The summed E-state index contributed by atoms with van der Waals surface area (Å²) >= 11 is 12.8. The van der Waals surface area contributed by atoms with E-state index < -0.39 is 0 Å². The molecule has 0 bridgehead atoms. The van der Waals surface area contributed by atoms with E-state index >= 15 is 0 Å². The fourth-order valence-corrected chi connectivity index (χ4v) is 6.90. The van der Waals surface area contributed by atoms with Gasteiger partial charge in [-0.25, -0.2) is 30.4 Å². The van der Waals surface area contributed by atoms with Gasteiger partial charge in [-0.1, -0.05) is 56.0 Å². The van der Waals surface area contributed by atoms with Crippen LogP contribution >= 0.6 is 114 Å². The second kappa shape index (κ2) is 46.9. The van der Waals surface area contributed by atoms with Gasteiger partial charge in [0, 0.05) is 107 Å². The summed E-state index contributed by atoms with van der Waals surface area (Å²) < 4.78 is 5.84. The summed E-state index contributed by atoms with van der Waals surface area (Å²) in [5.41, 5.74) is 8.34. The zero-order valence-electron chi connectivity index (χ0n) is 43.9. The molecule has 0 aliphatic rings. The first kappa shape index (κ1) is 72.2. The van der Waals surface area contributed by atoms with Crippen molar-refractivity contribution >= 4 is 161 Å². The summed E-state index contributed by atoms with van der Waals surface area (Å²) in [5.74, 6) is 3.05. The van der Waals surface area contributed by atoms with Crippen LogP contribution in [0.3, 0.4) is 0 Å². The Morgan fingerprint density at radius 2 is 1.04 bits per heavy atom. The predicted molar refractivity (Wildman–Crippen MR) is 358 cm³/mol. The Labute approximate surface area is 534 Å². The fraction of sp³-hybridized carbons (Fsp3) is 0.327. The van der Waals surface area contributed by atoms with Gasteiger partial charge in [0.15, 0.2) is 0 Å². The van der Waals surface area contributed by atoms with Crippen molar-refractivity contribution in [3.05, 3.63) is 174 Å². The molecule has 1 amide bonds. The molecule has 22 heteroatoms. The summed E-state index contributed by atoms with van der Waals surface area (Å²) in [6, 6.07) is 29.7. The van der Waals surface area contributed by atoms with Crippen LogP contribution in [-0.2, 0) is 14.3 Å². The SMILES string of the molecule is CCOC(=O)CCCCCCN(c1cccnc1)c1ccc(C)cn1.Cc1ccc(Br)nc1.Cc1ccc(N(CCCCCCC(=O)NO)c2cccnc2)nc1.Cc1ccc(Nc2ccccn2)nc1.I.II.I[I-]I. The van der Waals surface area contributed by atoms with Gasteiger partial charge in [-0.15, -0.1) is 24.0 Å². The number of nitrogens with one attached hydrogen (secondary N) is 2. The number of carbonyl (C=O) groups excluding carboxylic acids is 2. The molecule has 7 heterocycles. The topological polar surface area (TPSA) is 184 Å². The van der Waals surface area contributed by atoms with Crippen LogP contribution in [0.1, 0.15) is 93.4 Å². The van der Waals surface area contributed by atoms with Gasteiger partial charge in [0.2, 0.25) is 5.91 Å². The number of carbonyl (C=O) groups is 2. The van der Waals surface area contributed by atoms with E-state index in [9.17, 15) is 9.59 Å². The normalized spacial score (nSPS) is 9.75. The quantitative estimate of drug-likeness (QED) is 0.0154. The number of pyridine rings is 7. The second-order valence-electron chi connectivity index (χ2n) is 16.6. The zero-order chi connectivity index (χ0) is 55.6. The van der Waals surface area contributed by atoms with E-state index in [2.05, 4.69) is 159 Å². The van der Waals surface area contributed by atoms with E-state index in [4.69, 9.17) is 9.94 Å². The van der Waals surface area contributed by atoms with Crippen LogP contribution in [0.4, 0.5) is 34.6 Å². The van der Waals surface area contributed by atoms with E-state index in [1.54, 1.807) is 24.1 Å². The molecule has 0 aliphatic carbocycles. The molecule has 0 aliphatic heterocycles. The predicted octanol–water partition coefficient (Wildman–Crippen LogP) is 13.7. The second-order valence-corrected chi connectivity index (χ2v) is 33.6. The molecule has 77 heavy (non-hydrogen) atoms. The van der Waals surface area contributed by atoms with Gasteiger partial charge in [-0.05, 0) is 159 Å². The number of hydrogen-bond acceptors (Lipinski definition) is 14. The van der Waals surface area contributed by atoms with Gasteiger partial charge in [0.1, 0.15) is 27.9 Å². The van der Waals surface area contributed by atoms with E-state index in [-0.39, 0.29) is 35.9 Å². The number of esters is 1. The molecule has 0 atom stereocenters. The molecule has 3 N–H and O–H groups in total. The molecule has 0 fully saturated rings. The van der Waals surface area contributed by atoms with Crippen molar-refractivity contribution in [2.75, 3.05) is 34.8 Å². The van der Waals surface area contributed by atoms with Gasteiger partial charge < -0.3 is 19.9 Å². The Morgan fingerprint density at radius 3 is 1.43 bits per heavy atom. The molecule has 7 aromatic rings. The van der Waals surface area contributed by atoms with Crippen LogP contribution < -0.4 is 33.9 Å². The van der Waals surface area contributed by atoms with Gasteiger partial charge >= 0.3 is 56.5 Å². The van der Waals surface area contributed by atoms with Crippen LogP contribution in [0.2, 0.25) is 0 Å². The van der Waals surface area contributed by atoms with E-state index in [1.165, 1.54) is 5.56 Å². The van der Waals surface area contributed by atoms with Crippen LogP contribution in [0.25, 0.3) is 0 Å². The molecule has 0 saturated carbocycles. The van der Waals surface area contributed by atoms with Crippen molar-refractivity contribution in [1.82, 2.24) is 40.4 Å². The molecule has 418 valence electrons. The molecule has 7 aromatic heterocycles. The van der Waals surface area contributed by atoms with Crippen molar-refractivity contribution in [2.45, 2.75) is 98.8 Å². The number of amides is 1. The summed E-state index contributed by atoms with van der Waals surface area (Å²) in [6.45, 7) is 12.1. The average Bonchev–Trinajstić information content (AvgIpc) is 3.45. The number of ether oxygens (including phenoxy) is 1. The van der Waals surface area contributed by atoms with Crippen LogP contribution in [-0.4, -0.2) is 71.7 Å². The fourth-order valence-electron chi connectivity index (χ4n) is 6.67. The number of unbranched alkanes of at least 4 members (excludes halogenated alkanes) is 6. The van der Waals surface area contributed by atoms with Gasteiger partial charge in [-0.2, -0.15) is 0 Å². The van der Waals surface area contributed by atoms with Gasteiger partial charge in [0.25, 0.3) is 0 Å². The minimum atomic E-state index is -0.323. The van der Waals surface area contributed by atoms with Gasteiger partial charge in [0.05, 0.1) is 30.4 Å². The Bertz CT molecular complexity index is 2520. The number of hydrogen-bond donors (Lipinski definition) is 3. The van der Waals surface area contributed by atoms with Crippen LogP contribution in [0.15, 0.2) is 151 Å². The third-order valence-corrected chi connectivity index (χ3v) is 10.9. The Kier molecular flexibility index (Phi) is 44.0. The van der Waals surface area contributed by atoms with E-state index in [0.717, 1.165) is 120 Å². The van der Waals surface area contributed by atoms with Crippen molar-refractivity contribution in [3.8, 4) is 0 Å². The Morgan fingerprint density at radius 1 is 0.571 bits per heavy atom. The third-order valence-electron chi connectivity index (χ3n) is 10.4. The van der Waals surface area contributed by atoms with Gasteiger partial charge in [-0.3, -0.25) is 24.8 Å². The number of aryl methyl sites for hydroxylation is 4. The molecule has 0 radical (unpaired) electrons. The first-order chi connectivity index (χ1) is 37.0. The van der Waals surface area contributed by atoms with E-state index in [1.807, 2.05) is 145 Å². The van der Waals surface area contributed by atoms with Crippen LogP contribution in [0.5, 0.6) is 0 Å². The average molecular weight is 1790 g/mol. The number of nitrogens with zero attached hydrogens (tertiary/aromatic N) is 9. The maximum atomic E-state index is 11.3. The molecule has 0 saturated heterocycles.